The summed E-state index contributed by atoms with van der Waals surface area (Å²) in [7, 11) is 1.58. The lowest BCUT2D eigenvalue weighted by molar-refractivity contribution is 0.172. The Morgan fingerprint density at radius 1 is 1.31 bits per heavy atom. The van der Waals surface area contributed by atoms with Crippen LogP contribution in [0, 0.1) is 13.8 Å². The smallest absolute Gasteiger partial charge is 0.211 e. The summed E-state index contributed by atoms with van der Waals surface area (Å²) in [6, 6.07) is 0. The molecule has 2 aromatic heterocycles. The molecule has 6 heteroatoms. The lowest BCUT2D eigenvalue weighted by atomic mass is 10.4. The zero-order valence-electron chi connectivity index (χ0n) is 7.58. The van der Waals surface area contributed by atoms with Gasteiger partial charge in [0, 0.05) is 0 Å². The van der Waals surface area contributed by atoms with E-state index >= 15 is 0 Å². The van der Waals surface area contributed by atoms with Crippen LogP contribution >= 0.6 is 11.6 Å². The lowest BCUT2D eigenvalue weighted by Gasteiger charge is -2.01. The third-order valence-corrected chi connectivity index (χ3v) is 2.37. The van der Waals surface area contributed by atoms with Crippen LogP contribution in [0.1, 0.15) is 11.4 Å². The largest absolute Gasteiger partial charge is 0.415 e. The first-order valence-electron chi connectivity index (χ1n) is 3.80. The molecule has 0 bridgehead atoms. The van der Waals surface area contributed by atoms with Gasteiger partial charge in [-0.1, -0.05) is 16.8 Å². The van der Waals surface area contributed by atoms with Gasteiger partial charge in [-0.2, -0.15) is 9.25 Å². The Bertz CT molecular complexity index is 458. The van der Waals surface area contributed by atoms with Crippen molar-refractivity contribution in [2.75, 3.05) is 7.11 Å². The molecule has 0 amide bonds. The number of rotatable bonds is 1. The van der Waals surface area contributed by atoms with Crippen LogP contribution in [0.3, 0.4) is 0 Å². The molecule has 13 heavy (non-hydrogen) atoms. The van der Waals surface area contributed by atoms with Gasteiger partial charge in [-0.25, -0.2) is 0 Å². The molecule has 2 aromatic rings. The van der Waals surface area contributed by atoms with Crippen molar-refractivity contribution in [3.63, 3.8) is 0 Å². The first-order chi connectivity index (χ1) is 6.16. The predicted molar refractivity (Wildman–Crippen MR) is 48.0 cm³/mol. The van der Waals surface area contributed by atoms with Crippen LogP contribution in [0.25, 0.3) is 5.65 Å². The SMILES string of the molecule is COn1c(C)c(C)n2nnc(Cl)c12. The summed E-state index contributed by atoms with van der Waals surface area (Å²) in [5, 5.41) is 7.97. The van der Waals surface area contributed by atoms with E-state index in [9.17, 15) is 0 Å². The molecule has 0 aromatic carbocycles. The highest BCUT2D eigenvalue weighted by atomic mass is 35.5. The van der Waals surface area contributed by atoms with Gasteiger partial charge < -0.3 is 4.84 Å². The van der Waals surface area contributed by atoms with Gasteiger partial charge in [0.05, 0.1) is 11.4 Å². The molecule has 0 saturated carbocycles. The van der Waals surface area contributed by atoms with Gasteiger partial charge in [-0.15, -0.1) is 5.10 Å². The lowest BCUT2D eigenvalue weighted by Crippen LogP contribution is -2.07. The maximum absolute atomic E-state index is 5.85. The molecule has 0 fully saturated rings. The second-order valence-electron chi connectivity index (χ2n) is 2.76. The Morgan fingerprint density at radius 2 is 2.00 bits per heavy atom. The fourth-order valence-corrected chi connectivity index (χ4v) is 1.53. The van der Waals surface area contributed by atoms with Gasteiger partial charge in [0.15, 0.2) is 5.15 Å². The van der Waals surface area contributed by atoms with Gasteiger partial charge >= 0.3 is 0 Å². The Hall–Kier alpha value is -1.23. The minimum Gasteiger partial charge on any atom is -0.415 e. The second kappa shape index (κ2) is 2.63. The maximum atomic E-state index is 5.85. The summed E-state index contributed by atoms with van der Waals surface area (Å²) < 4.78 is 3.26. The summed E-state index contributed by atoms with van der Waals surface area (Å²) in [6.45, 7) is 3.87. The van der Waals surface area contributed by atoms with Crippen LogP contribution in [-0.4, -0.2) is 26.7 Å². The number of imidazole rings is 1. The topological polar surface area (TPSA) is 44.4 Å². The zero-order chi connectivity index (χ0) is 9.59. The van der Waals surface area contributed by atoms with Gasteiger partial charge in [-0.3, -0.25) is 0 Å². The minimum atomic E-state index is 0.345. The van der Waals surface area contributed by atoms with Crippen molar-refractivity contribution >= 4 is 17.2 Å². The summed E-state index contributed by atoms with van der Waals surface area (Å²) in [5.74, 6) is 0. The van der Waals surface area contributed by atoms with Crippen LogP contribution in [0.4, 0.5) is 0 Å². The normalized spacial score (nSPS) is 11.1. The van der Waals surface area contributed by atoms with Gasteiger partial charge in [0.25, 0.3) is 0 Å². The van der Waals surface area contributed by atoms with Crippen LogP contribution < -0.4 is 4.84 Å². The Labute approximate surface area is 79.8 Å². The summed E-state index contributed by atoms with van der Waals surface area (Å²) in [6.07, 6.45) is 0. The van der Waals surface area contributed by atoms with E-state index in [0.717, 1.165) is 11.4 Å². The fraction of sp³-hybridized carbons (Fsp3) is 0.429. The summed E-state index contributed by atoms with van der Waals surface area (Å²) in [5.41, 5.74) is 2.60. The molecule has 0 unspecified atom stereocenters. The molecule has 2 heterocycles. The fourth-order valence-electron chi connectivity index (χ4n) is 1.34. The number of nitrogens with zero attached hydrogens (tertiary/aromatic N) is 4. The van der Waals surface area contributed by atoms with E-state index in [1.807, 2.05) is 13.8 Å². The number of halogens is 1. The number of aryl methyl sites for hydroxylation is 1. The Morgan fingerprint density at radius 3 is 2.62 bits per heavy atom. The molecule has 0 spiro atoms. The Kier molecular flexibility index (Phi) is 1.69. The Balaban J connectivity index is 2.92. The van der Waals surface area contributed by atoms with Crippen molar-refractivity contribution in [2.24, 2.45) is 0 Å². The first-order valence-corrected chi connectivity index (χ1v) is 4.18. The van der Waals surface area contributed by atoms with Crippen molar-refractivity contribution in [1.82, 2.24) is 19.6 Å². The average molecular weight is 201 g/mol. The second-order valence-corrected chi connectivity index (χ2v) is 3.12. The molecule has 5 nitrogen and oxygen atoms in total. The van der Waals surface area contributed by atoms with E-state index < -0.39 is 0 Å². The van der Waals surface area contributed by atoms with Crippen molar-refractivity contribution in [2.45, 2.75) is 13.8 Å². The number of fused-ring (bicyclic) bond motifs is 1. The van der Waals surface area contributed by atoms with E-state index in [2.05, 4.69) is 10.3 Å². The first kappa shape index (κ1) is 8.37. The number of hydrogen-bond donors (Lipinski definition) is 0. The molecule has 0 aliphatic heterocycles. The summed E-state index contributed by atoms with van der Waals surface area (Å²) >= 11 is 5.85. The molecule has 0 aliphatic rings. The molecule has 0 N–H and O–H groups in total. The molecule has 0 saturated heterocycles. The van der Waals surface area contributed by atoms with Gasteiger partial charge in [0.2, 0.25) is 5.65 Å². The molecule has 70 valence electrons. The molecule has 2 rings (SSSR count). The quantitative estimate of drug-likeness (QED) is 0.686. The molecular formula is C7H9ClN4O. The maximum Gasteiger partial charge on any atom is 0.211 e. The van der Waals surface area contributed by atoms with Crippen LogP contribution in [0.15, 0.2) is 0 Å². The molecule has 0 atom stereocenters. The van der Waals surface area contributed by atoms with Crippen LogP contribution in [0.5, 0.6) is 0 Å². The zero-order valence-corrected chi connectivity index (χ0v) is 8.33. The van der Waals surface area contributed by atoms with E-state index in [4.69, 9.17) is 16.4 Å². The molecule has 0 aliphatic carbocycles. The van der Waals surface area contributed by atoms with E-state index in [0.29, 0.717) is 10.8 Å². The highest BCUT2D eigenvalue weighted by Crippen LogP contribution is 2.19. The third kappa shape index (κ3) is 0.935. The molecular weight excluding hydrogens is 192 g/mol. The highest BCUT2D eigenvalue weighted by Gasteiger charge is 2.16. The van der Waals surface area contributed by atoms with Crippen LogP contribution in [0.2, 0.25) is 5.15 Å². The number of aromatic nitrogens is 4. The van der Waals surface area contributed by atoms with Crippen LogP contribution in [-0.2, 0) is 0 Å². The third-order valence-electron chi connectivity index (χ3n) is 2.13. The van der Waals surface area contributed by atoms with E-state index in [-0.39, 0.29) is 0 Å². The van der Waals surface area contributed by atoms with E-state index in [1.165, 1.54) is 0 Å². The van der Waals surface area contributed by atoms with Gasteiger partial charge in [-0.05, 0) is 13.8 Å². The highest BCUT2D eigenvalue weighted by molar-refractivity contribution is 6.32. The molecule has 0 radical (unpaired) electrons. The summed E-state index contributed by atoms with van der Waals surface area (Å²) in [4.78, 5) is 5.15. The van der Waals surface area contributed by atoms with E-state index in [1.54, 1.807) is 16.4 Å². The average Bonchev–Trinajstić information content (AvgIpc) is 2.58. The predicted octanol–water partition coefficient (Wildman–Crippen LogP) is 0.859. The number of hydrogen-bond acceptors (Lipinski definition) is 3. The minimum absolute atomic E-state index is 0.345. The van der Waals surface area contributed by atoms with Crippen molar-refractivity contribution in [3.05, 3.63) is 16.5 Å². The van der Waals surface area contributed by atoms with Crippen molar-refractivity contribution in [3.8, 4) is 0 Å². The van der Waals surface area contributed by atoms with Crippen molar-refractivity contribution in [1.29, 1.82) is 0 Å². The monoisotopic (exact) mass is 200 g/mol. The van der Waals surface area contributed by atoms with Crippen molar-refractivity contribution < 1.29 is 4.84 Å². The van der Waals surface area contributed by atoms with Gasteiger partial charge in [0.1, 0.15) is 7.11 Å². The standard InChI is InChI=1S/C7H9ClN4O/c1-4-5(2)12(13-3)7-6(8)9-10-11(4)7/h1-3H3.